The first kappa shape index (κ1) is 18.4. The lowest BCUT2D eigenvalue weighted by atomic mass is 9.97. The van der Waals surface area contributed by atoms with E-state index in [-0.39, 0.29) is 11.6 Å². The smallest absolute Gasteiger partial charge is 0.336 e. The first-order valence-corrected chi connectivity index (χ1v) is 9.55. The van der Waals surface area contributed by atoms with Gasteiger partial charge in [-0.3, -0.25) is 4.90 Å². The van der Waals surface area contributed by atoms with Crippen LogP contribution in [-0.2, 0) is 6.54 Å². The van der Waals surface area contributed by atoms with Crippen molar-refractivity contribution in [1.82, 2.24) is 14.9 Å². The summed E-state index contributed by atoms with van der Waals surface area (Å²) in [5.74, 6) is 0.456. The van der Waals surface area contributed by atoms with Crippen LogP contribution in [0.2, 0.25) is 0 Å². The van der Waals surface area contributed by atoms with Gasteiger partial charge in [-0.15, -0.1) is 0 Å². The molecule has 1 aliphatic heterocycles. The molecule has 6 heteroatoms. The number of likely N-dealkylation sites (tertiary alicyclic amines) is 1. The van der Waals surface area contributed by atoms with E-state index in [4.69, 9.17) is 4.42 Å². The molecule has 0 bridgehead atoms. The normalized spacial score (nSPS) is 17.5. The summed E-state index contributed by atoms with van der Waals surface area (Å²) in [7, 11) is 0. The van der Waals surface area contributed by atoms with Crippen LogP contribution in [0.1, 0.15) is 52.7 Å². The van der Waals surface area contributed by atoms with Crippen LogP contribution in [0.5, 0.6) is 0 Å². The zero-order chi connectivity index (χ0) is 19.5. The first-order valence-electron chi connectivity index (χ1n) is 9.55. The lowest BCUT2D eigenvalue weighted by molar-refractivity contribution is 0.0697. The number of piperidine rings is 1. The van der Waals surface area contributed by atoms with Gasteiger partial charge in [-0.05, 0) is 50.1 Å². The van der Waals surface area contributed by atoms with Crippen LogP contribution in [0.15, 0.2) is 53.3 Å². The monoisotopic (exact) mass is 377 g/mol. The van der Waals surface area contributed by atoms with Gasteiger partial charge < -0.3 is 9.52 Å². The van der Waals surface area contributed by atoms with Gasteiger partial charge in [-0.2, -0.15) is 0 Å². The number of hydrogen-bond acceptors (Lipinski definition) is 5. The fourth-order valence-corrected chi connectivity index (χ4v) is 3.94. The molecule has 0 amide bonds. The summed E-state index contributed by atoms with van der Waals surface area (Å²) in [6.07, 6.45) is 6.87. The molecular weight excluding hydrogens is 354 g/mol. The predicted octanol–water partition coefficient (Wildman–Crippen LogP) is 4.47. The van der Waals surface area contributed by atoms with Crippen LogP contribution in [0.25, 0.3) is 11.3 Å². The number of furan rings is 1. The molecule has 0 spiro atoms. The van der Waals surface area contributed by atoms with E-state index in [1.807, 2.05) is 24.4 Å². The summed E-state index contributed by atoms with van der Waals surface area (Å²) in [6, 6.07) is 11.0. The number of carboxylic acids is 1. The Balaban J connectivity index is 1.58. The number of hydrogen-bond donors (Lipinski definition) is 1. The second kappa shape index (κ2) is 7.94. The molecule has 1 aliphatic rings. The SMILES string of the molecule is Cc1cncnc1[C@H]1CCCCN1Cc1ccc(-c2ccccc2C(=O)O)o1. The lowest BCUT2D eigenvalue weighted by Crippen LogP contribution is -2.33. The van der Waals surface area contributed by atoms with Crippen molar-refractivity contribution in [1.29, 1.82) is 0 Å². The molecule has 1 aromatic carbocycles. The molecule has 0 saturated carbocycles. The van der Waals surface area contributed by atoms with E-state index in [1.165, 1.54) is 6.42 Å². The first-order chi connectivity index (χ1) is 13.6. The number of aromatic nitrogens is 2. The van der Waals surface area contributed by atoms with Crippen molar-refractivity contribution in [3.05, 3.63) is 71.5 Å². The van der Waals surface area contributed by atoms with Crippen LogP contribution in [0.4, 0.5) is 0 Å². The highest BCUT2D eigenvalue weighted by molar-refractivity contribution is 5.95. The van der Waals surface area contributed by atoms with Crippen molar-refractivity contribution in [2.24, 2.45) is 0 Å². The van der Waals surface area contributed by atoms with E-state index in [9.17, 15) is 9.90 Å². The Morgan fingerprint density at radius 1 is 1.25 bits per heavy atom. The van der Waals surface area contributed by atoms with E-state index >= 15 is 0 Å². The molecule has 6 nitrogen and oxygen atoms in total. The van der Waals surface area contributed by atoms with Gasteiger partial charge >= 0.3 is 5.97 Å². The third-order valence-electron chi connectivity index (χ3n) is 5.31. The number of aryl methyl sites for hydroxylation is 1. The van der Waals surface area contributed by atoms with Gasteiger partial charge in [0.25, 0.3) is 0 Å². The van der Waals surface area contributed by atoms with Gasteiger partial charge in [0.05, 0.1) is 23.8 Å². The van der Waals surface area contributed by atoms with E-state index in [1.54, 1.807) is 24.5 Å². The quantitative estimate of drug-likeness (QED) is 0.707. The molecule has 0 aliphatic carbocycles. The minimum atomic E-state index is -0.955. The van der Waals surface area contributed by atoms with Gasteiger partial charge in [-0.25, -0.2) is 14.8 Å². The lowest BCUT2D eigenvalue weighted by Gasteiger charge is -2.35. The van der Waals surface area contributed by atoms with E-state index < -0.39 is 5.97 Å². The Kier molecular flexibility index (Phi) is 5.21. The van der Waals surface area contributed by atoms with Crippen molar-refractivity contribution in [3.63, 3.8) is 0 Å². The highest BCUT2D eigenvalue weighted by Gasteiger charge is 2.27. The van der Waals surface area contributed by atoms with Crippen LogP contribution >= 0.6 is 0 Å². The molecule has 1 fully saturated rings. The third-order valence-corrected chi connectivity index (χ3v) is 5.31. The molecule has 144 valence electrons. The van der Waals surface area contributed by atoms with Crippen LogP contribution in [-0.4, -0.2) is 32.5 Å². The molecule has 3 heterocycles. The number of carbonyl (C=O) groups is 1. The van der Waals surface area contributed by atoms with E-state index in [0.29, 0.717) is 17.9 Å². The largest absolute Gasteiger partial charge is 0.478 e. The van der Waals surface area contributed by atoms with Crippen LogP contribution in [0.3, 0.4) is 0 Å². The zero-order valence-corrected chi connectivity index (χ0v) is 15.8. The zero-order valence-electron chi connectivity index (χ0n) is 15.8. The number of aromatic carboxylic acids is 1. The highest BCUT2D eigenvalue weighted by Crippen LogP contribution is 2.33. The molecule has 28 heavy (non-hydrogen) atoms. The number of nitrogens with zero attached hydrogens (tertiary/aromatic N) is 3. The van der Waals surface area contributed by atoms with Crippen LogP contribution in [0, 0.1) is 6.92 Å². The van der Waals surface area contributed by atoms with Crippen molar-refractivity contribution in [2.75, 3.05) is 6.54 Å². The predicted molar refractivity (Wildman–Crippen MR) is 105 cm³/mol. The second-order valence-corrected chi connectivity index (χ2v) is 7.19. The minimum absolute atomic E-state index is 0.246. The number of benzene rings is 1. The number of rotatable bonds is 5. The standard InChI is InChI=1S/C22H23N3O3/c1-15-12-23-14-24-21(15)19-8-4-5-11-25(19)13-16-9-10-20(28-16)17-6-2-3-7-18(17)22(26)27/h2-3,6-7,9-10,12,14,19H,4-5,8,11,13H2,1H3,(H,26,27)/t19-/m1/s1. The molecule has 1 atom stereocenters. The van der Waals surface area contributed by atoms with Crippen molar-refractivity contribution in [2.45, 2.75) is 38.8 Å². The van der Waals surface area contributed by atoms with E-state index in [0.717, 1.165) is 36.4 Å². The highest BCUT2D eigenvalue weighted by atomic mass is 16.4. The van der Waals surface area contributed by atoms with Crippen molar-refractivity contribution in [3.8, 4) is 11.3 Å². The minimum Gasteiger partial charge on any atom is -0.478 e. The molecule has 1 saturated heterocycles. The summed E-state index contributed by atoms with van der Waals surface area (Å²) in [5, 5.41) is 9.42. The van der Waals surface area contributed by atoms with Gasteiger partial charge in [0.2, 0.25) is 0 Å². The van der Waals surface area contributed by atoms with Crippen molar-refractivity contribution >= 4 is 5.97 Å². The maximum absolute atomic E-state index is 11.5. The maximum Gasteiger partial charge on any atom is 0.336 e. The Labute approximate surface area is 163 Å². The summed E-state index contributed by atoms with van der Waals surface area (Å²) in [4.78, 5) is 22.5. The summed E-state index contributed by atoms with van der Waals surface area (Å²) in [5.41, 5.74) is 3.03. The average Bonchev–Trinajstić information content (AvgIpc) is 3.17. The Morgan fingerprint density at radius 2 is 2.11 bits per heavy atom. The molecule has 3 aromatic rings. The van der Waals surface area contributed by atoms with Crippen molar-refractivity contribution < 1.29 is 14.3 Å². The second-order valence-electron chi connectivity index (χ2n) is 7.19. The van der Waals surface area contributed by atoms with Crippen LogP contribution < -0.4 is 0 Å². The van der Waals surface area contributed by atoms with E-state index in [2.05, 4.69) is 21.8 Å². The maximum atomic E-state index is 11.5. The summed E-state index contributed by atoms with van der Waals surface area (Å²) < 4.78 is 6.04. The van der Waals surface area contributed by atoms with Gasteiger partial charge in [0.1, 0.15) is 17.8 Å². The average molecular weight is 377 g/mol. The Hall–Kier alpha value is -2.99. The van der Waals surface area contributed by atoms with Gasteiger partial charge in [-0.1, -0.05) is 24.6 Å². The molecule has 1 N–H and O–H groups in total. The topological polar surface area (TPSA) is 79.5 Å². The fourth-order valence-electron chi connectivity index (χ4n) is 3.94. The molecule has 0 radical (unpaired) electrons. The third kappa shape index (κ3) is 3.68. The van der Waals surface area contributed by atoms with Gasteiger partial charge in [0.15, 0.2) is 0 Å². The Bertz CT molecular complexity index is 982. The molecule has 4 rings (SSSR count). The molecule has 0 unspecified atom stereocenters. The Morgan fingerprint density at radius 3 is 2.93 bits per heavy atom. The fraction of sp³-hybridized carbons (Fsp3) is 0.318. The number of carboxylic acid groups (broad SMARTS) is 1. The molecular formula is C22H23N3O3. The summed E-state index contributed by atoms with van der Waals surface area (Å²) >= 11 is 0. The van der Waals surface area contributed by atoms with Gasteiger partial charge in [0, 0.05) is 11.8 Å². The molecule has 2 aromatic heterocycles. The summed E-state index contributed by atoms with van der Waals surface area (Å²) in [6.45, 7) is 3.70.